The number of thioether (sulfide) groups is 1. The van der Waals surface area contributed by atoms with E-state index in [1.807, 2.05) is 38.1 Å². The first-order chi connectivity index (χ1) is 12.5. The van der Waals surface area contributed by atoms with E-state index in [4.69, 9.17) is 11.6 Å². The molecule has 1 unspecified atom stereocenters. The van der Waals surface area contributed by atoms with E-state index in [1.165, 1.54) is 11.8 Å². The first kappa shape index (κ1) is 18.5. The second kappa shape index (κ2) is 7.98. The van der Waals surface area contributed by atoms with Gasteiger partial charge in [-0.05, 0) is 49.2 Å². The van der Waals surface area contributed by atoms with E-state index < -0.39 is 0 Å². The maximum Gasteiger partial charge on any atom is 0.262 e. The Hall–Kier alpha value is -2.24. The molecule has 3 rings (SSSR count). The normalized spacial score (nSPS) is 16.0. The third-order valence-electron chi connectivity index (χ3n) is 4.12. The van der Waals surface area contributed by atoms with Crippen LogP contribution in [0.4, 0.5) is 5.69 Å². The molecule has 6 heteroatoms. The maximum atomic E-state index is 12.4. The highest BCUT2D eigenvalue weighted by Crippen LogP contribution is 2.39. The van der Waals surface area contributed by atoms with Gasteiger partial charge in [0.2, 0.25) is 0 Å². The average molecular weight is 387 g/mol. The number of fused-ring (bicyclic) bond motifs is 1. The SMILES string of the molecule is CCC(C)NC(=O)c1ccc2c(c1)NC(=O)/C(=C\c1ccccc1Cl)S2. The predicted molar refractivity (Wildman–Crippen MR) is 108 cm³/mol. The highest BCUT2D eigenvalue weighted by molar-refractivity contribution is 8.04. The van der Waals surface area contributed by atoms with Gasteiger partial charge in [0.15, 0.2) is 0 Å². The molecule has 1 heterocycles. The molecule has 134 valence electrons. The van der Waals surface area contributed by atoms with Crippen molar-refractivity contribution in [3.8, 4) is 0 Å². The van der Waals surface area contributed by atoms with Crippen molar-refractivity contribution in [2.75, 3.05) is 5.32 Å². The fourth-order valence-electron chi connectivity index (χ4n) is 2.44. The number of hydrogen-bond acceptors (Lipinski definition) is 3. The van der Waals surface area contributed by atoms with Crippen LogP contribution in [0.3, 0.4) is 0 Å². The van der Waals surface area contributed by atoms with Crippen LogP contribution < -0.4 is 10.6 Å². The molecule has 0 aliphatic carbocycles. The van der Waals surface area contributed by atoms with Gasteiger partial charge in [0.1, 0.15) is 0 Å². The summed E-state index contributed by atoms with van der Waals surface area (Å²) in [6.07, 6.45) is 2.63. The molecule has 0 radical (unpaired) electrons. The van der Waals surface area contributed by atoms with Crippen molar-refractivity contribution in [2.24, 2.45) is 0 Å². The Balaban J connectivity index is 1.84. The number of nitrogens with one attached hydrogen (secondary N) is 2. The van der Waals surface area contributed by atoms with E-state index in [0.29, 0.717) is 21.2 Å². The Labute approximate surface area is 162 Å². The van der Waals surface area contributed by atoms with Crippen molar-refractivity contribution in [3.63, 3.8) is 0 Å². The maximum absolute atomic E-state index is 12.4. The van der Waals surface area contributed by atoms with Crippen LogP contribution in [0.5, 0.6) is 0 Å². The molecule has 0 saturated heterocycles. The lowest BCUT2D eigenvalue weighted by atomic mass is 10.1. The molecule has 2 N–H and O–H groups in total. The number of rotatable bonds is 4. The minimum absolute atomic E-state index is 0.104. The van der Waals surface area contributed by atoms with E-state index in [1.54, 1.807) is 24.3 Å². The molecule has 2 amide bonds. The monoisotopic (exact) mass is 386 g/mol. The van der Waals surface area contributed by atoms with Gasteiger partial charge in [0.05, 0.1) is 10.6 Å². The molecule has 0 bridgehead atoms. The topological polar surface area (TPSA) is 58.2 Å². The quantitative estimate of drug-likeness (QED) is 0.730. The summed E-state index contributed by atoms with van der Waals surface area (Å²) in [6.45, 7) is 3.97. The van der Waals surface area contributed by atoms with Crippen molar-refractivity contribution in [3.05, 3.63) is 63.5 Å². The Morgan fingerprint density at radius 3 is 2.81 bits per heavy atom. The molecular formula is C20H19ClN2O2S. The van der Waals surface area contributed by atoms with Gasteiger partial charge < -0.3 is 10.6 Å². The van der Waals surface area contributed by atoms with Crippen molar-refractivity contribution in [1.29, 1.82) is 0 Å². The van der Waals surface area contributed by atoms with Crippen LogP contribution in [-0.2, 0) is 4.79 Å². The summed E-state index contributed by atoms with van der Waals surface area (Å²) in [5.41, 5.74) is 1.97. The summed E-state index contributed by atoms with van der Waals surface area (Å²) in [7, 11) is 0. The van der Waals surface area contributed by atoms with E-state index >= 15 is 0 Å². The number of anilines is 1. The van der Waals surface area contributed by atoms with Crippen LogP contribution in [0.25, 0.3) is 6.08 Å². The van der Waals surface area contributed by atoms with Crippen LogP contribution in [-0.4, -0.2) is 17.9 Å². The van der Waals surface area contributed by atoms with Gasteiger partial charge in [-0.1, -0.05) is 48.5 Å². The summed E-state index contributed by atoms with van der Waals surface area (Å²) < 4.78 is 0. The van der Waals surface area contributed by atoms with Crippen molar-refractivity contribution < 1.29 is 9.59 Å². The molecule has 1 aliphatic rings. The van der Waals surface area contributed by atoms with Crippen LogP contribution >= 0.6 is 23.4 Å². The summed E-state index contributed by atoms with van der Waals surface area (Å²) in [6, 6.07) is 12.8. The van der Waals surface area contributed by atoms with Gasteiger partial charge in [-0.2, -0.15) is 0 Å². The standard InChI is InChI=1S/C20H19ClN2O2S/c1-3-12(2)22-19(24)14-8-9-17-16(10-14)23-20(25)18(26-17)11-13-6-4-5-7-15(13)21/h4-12H,3H2,1-2H3,(H,22,24)(H,23,25)/b18-11+. The van der Waals surface area contributed by atoms with E-state index in [9.17, 15) is 9.59 Å². The summed E-state index contributed by atoms with van der Waals surface area (Å²) in [5.74, 6) is -0.347. The first-order valence-corrected chi connectivity index (χ1v) is 9.57. The molecule has 26 heavy (non-hydrogen) atoms. The third-order valence-corrected chi connectivity index (χ3v) is 5.56. The number of hydrogen-bond donors (Lipinski definition) is 2. The van der Waals surface area contributed by atoms with Crippen LogP contribution in [0.2, 0.25) is 5.02 Å². The fraction of sp³-hybridized carbons (Fsp3) is 0.200. The second-order valence-electron chi connectivity index (χ2n) is 6.08. The third kappa shape index (κ3) is 4.11. The molecule has 0 spiro atoms. The second-order valence-corrected chi connectivity index (χ2v) is 7.57. The summed E-state index contributed by atoms with van der Waals surface area (Å²) in [4.78, 5) is 26.2. The molecule has 1 aliphatic heterocycles. The van der Waals surface area contributed by atoms with Crippen LogP contribution in [0.1, 0.15) is 36.2 Å². The highest BCUT2D eigenvalue weighted by Gasteiger charge is 2.22. The average Bonchev–Trinajstić information content (AvgIpc) is 2.63. The minimum Gasteiger partial charge on any atom is -0.350 e. The van der Waals surface area contributed by atoms with Gasteiger partial charge in [-0.3, -0.25) is 9.59 Å². The lowest BCUT2D eigenvalue weighted by Crippen LogP contribution is -2.32. The van der Waals surface area contributed by atoms with Crippen molar-refractivity contribution in [1.82, 2.24) is 5.32 Å². The number of carbonyl (C=O) groups is 2. The number of amides is 2. The molecule has 0 fully saturated rings. The summed E-state index contributed by atoms with van der Waals surface area (Å²) in [5, 5.41) is 6.38. The van der Waals surface area contributed by atoms with E-state index in [2.05, 4.69) is 10.6 Å². The van der Waals surface area contributed by atoms with E-state index in [0.717, 1.165) is 16.9 Å². The first-order valence-electron chi connectivity index (χ1n) is 8.38. The van der Waals surface area contributed by atoms with Crippen LogP contribution in [0, 0.1) is 0 Å². The van der Waals surface area contributed by atoms with Gasteiger partial charge in [0, 0.05) is 21.5 Å². The molecule has 2 aromatic rings. The Morgan fingerprint density at radius 2 is 2.08 bits per heavy atom. The van der Waals surface area contributed by atoms with Gasteiger partial charge in [-0.15, -0.1) is 0 Å². The Bertz CT molecular complexity index is 895. The number of carbonyl (C=O) groups excluding carboxylic acids is 2. The molecular weight excluding hydrogens is 368 g/mol. The van der Waals surface area contributed by atoms with Gasteiger partial charge >= 0.3 is 0 Å². The molecule has 0 aromatic heterocycles. The largest absolute Gasteiger partial charge is 0.350 e. The van der Waals surface area contributed by atoms with E-state index in [-0.39, 0.29) is 17.9 Å². The van der Waals surface area contributed by atoms with Gasteiger partial charge in [-0.25, -0.2) is 0 Å². The lowest BCUT2D eigenvalue weighted by Gasteiger charge is -2.20. The lowest BCUT2D eigenvalue weighted by molar-refractivity contribution is -0.112. The number of benzene rings is 2. The zero-order valence-corrected chi connectivity index (χ0v) is 16.1. The number of halogens is 1. The minimum atomic E-state index is -0.207. The molecule has 2 aromatic carbocycles. The molecule has 4 nitrogen and oxygen atoms in total. The highest BCUT2D eigenvalue weighted by atomic mass is 35.5. The zero-order chi connectivity index (χ0) is 18.7. The smallest absolute Gasteiger partial charge is 0.262 e. The molecule has 1 atom stereocenters. The fourth-order valence-corrected chi connectivity index (χ4v) is 3.56. The van der Waals surface area contributed by atoms with Crippen molar-refractivity contribution in [2.45, 2.75) is 31.2 Å². The molecule has 0 saturated carbocycles. The summed E-state index contributed by atoms with van der Waals surface area (Å²) >= 11 is 7.54. The Morgan fingerprint density at radius 1 is 1.31 bits per heavy atom. The van der Waals surface area contributed by atoms with Crippen LogP contribution in [0.15, 0.2) is 52.3 Å². The predicted octanol–water partition coefficient (Wildman–Crippen LogP) is 4.95. The van der Waals surface area contributed by atoms with Crippen molar-refractivity contribution >= 4 is 46.9 Å². The zero-order valence-electron chi connectivity index (χ0n) is 14.5. The Kier molecular flexibility index (Phi) is 5.69. The van der Waals surface area contributed by atoms with Gasteiger partial charge in [0.25, 0.3) is 11.8 Å².